The van der Waals surface area contributed by atoms with Crippen LogP contribution >= 0.6 is 0 Å². The highest BCUT2D eigenvalue weighted by Crippen LogP contribution is 2.50. The number of carbonyl (C=O) groups excluding carboxylic acids is 1. The zero-order valence-corrected chi connectivity index (χ0v) is 18.6. The quantitative estimate of drug-likeness (QED) is 0.650. The number of rotatable bonds is 8. The molecule has 0 radical (unpaired) electrons. The zero-order valence-electron chi connectivity index (χ0n) is 17.8. The maximum atomic E-state index is 12.8. The Bertz CT molecular complexity index is 860. The van der Waals surface area contributed by atoms with E-state index in [9.17, 15) is 13.2 Å². The van der Waals surface area contributed by atoms with Gasteiger partial charge in [-0.3, -0.25) is 9.69 Å². The molecule has 1 unspecified atom stereocenters. The summed E-state index contributed by atoms with van der Waals surface area (Å²) in [5.41, 5.74) is 2.51. The van der Waals surface area contributed by atoms with E-state index in [1.165, 1.54) is 49.0 Å². The number of hydrogen-bond donors (Lipinski definition) is 0. The third-order valence-electron chi connectivity index (χ3n) is 7.29. The van der Waals surface area contributed by atoms with Crippen LogP contribution < -0.4 is 4.90 Å². The molecule has 29 heavy (non-hydrogen) atoms. The van der Waals surface area contributed by atoms with Crippen LogP contribution in [0.25, 0.3) is 0 Å². The molecule has 2 saturated carbocycles. The molecule has 3 fully saturated rings. The monoisotopic (exact) mass is 419 g/mol. The minimum Gasteiger partial charge on any atom is -0.311 e. The largest absolute Gasteiger partial charge is 0.311 e. The molecule has 3 aliphatic rings. The minimum atomic E-state index is -3.38. The number of benzene rings is 1. The van der Waals surface area contributed by atoms with E-state index in [1.54, 1.807) is 4.90 Å². The Labute approximate surface area is 174 Å². The number of sulfonamides is 1. The van der Waals surface area contributed by atoms with Gasteiger partial charge >= 0.3 is 0 Å². The van der Waals surface area contributed by atoms with E-state index in [4.69, 9.17) is 0 Å². The summed E-state index contributed by atoms with van der Waals surface area (Å²) in [6.45, 7) is 5.07. The Balaban J connectivity index is 1.45. The Morgan fingerprint density at radius 3 is 2.28 bits per heavy atom. The first-order valence-corrected chi connectivity index (χ1v) is 12.7. The second kappa shape index (κ2) is 7.67. The maximum Gasteiger partial charge on any atom is 0.245 e. The van der Waals surface area contributed by atoms with Crippen molar-refractivity contribution in [1.29, 1.82) is 0 Å². The molecule has 7 heteroatoms. The van der Waals surface area contributed by atoms with E-state index in [1.807, 2.05) is 12.1 Å². The fraction of sp³-hybridized carbons (Fsp3) is 0.682. The molecule has 4 rings (SSSR count). The molecule has 6 nitrogen and oxygen atoms in total. The zero-order chi connectivity index (χ0) is 20.8. The lowest BCUT2D eigenvalue weighted by Crippen LogP contribution is -2.44. The molecule has 1 aromatic rings. The van der Waals surface area contributed by atoms with Crippen molar-refractivity contribution < 1.29 is 13.2 Å². The van der Waals surface area contributed by atoms with Gasteiger partial charge in [0.25, 0.3) is 0 Å². The molecule has 160 valence electrons. The number of amides is 1. The predicted molar refractivity (Wildman–Crippen MR) is 116 cm³/mol. The van der Waals surface area contributed by atoms with E-state index >= 15 is 0 Å². The third-order valence-corrected chi connectivity index (χ3v) is 8.59. The van der Waals surface area contributed by atoms with Crippen LogP contribution in [0.5, 0.6) is 0 Å². The Kier molecular flexibility index (Phi) is 5.51. The number of likely N-dealkylation sites (N-methyl/N-ethyl adjacent to an activating group) is 2. The number of anilines is 1. The fourth-order valence-corrected chi connectivity index (χ4v) is 5.47. The number of hydrogen-bond acceptors (Lipinski definition) is 4. The standard InChI is InChI=1S/C22H33N3O3S/c1-4-24(18-6-5-7-18)16-22(13-14-22)17-8-10-19(11-9-17)25-15-12-20(21(25)26)23(2)29(3,27)28/h8-11,18,20H,4-7,12-16H2,1-3H3. The summed E-state index contributed by atoms with van der Waals surface area (Å²) in [6.07, 6.45) is 8.18. The maximum absolute atomic E-state index is 12.8. The second-order valence-electron chi connectivity index (χ2n) is 9.05. The van der Waals surface area contributed by atoms with Crippen molar-refractivity contribution >= 4 is 21.6 Å². The van der Waals surface area contributed by atoms with Crippen molar-refractivity contribution in [3.63, 3.8) is 0 Å². The van der Waals surface area contributed by atoms with Crippen LogP contribution in [-0.2, 0) is 20.2 Å². The van der Waals surface area contributed by atoms with Crippen molar-refractivity contribution in [3.05, 3.63) is 29.8 Å². The molecular formula is C22H33N3O3S. The highest BCUT2D eigenvalue weighted by atomic mass is 32.2. The summed E-state index contributed by atoms with van der Waals surface area (Å²) >= 11 is 0. The van der Waals surface area contributed by atoms with Gasteiger partial charge in [-0.1, -0.05) is 25.5 Å². The molecule has 1 atom stereocenters. The predicted octanol–water partition coefficient (Wildman–Crippen LogP) is 2.59. The Morgan fingerprint density at radius 1 is 1.14 bits per heavy atom. The van der Waals surface area contributed by atoms with Gasteiger partial charge in [0.1, 0.15) is 6.04 Å². The molecule has 0 N–H and O–H groups in total. The van der Waals surface area contributed by atoms with Crippen LogP contribution in [-0.4, -0.2) is 68.6 Å². The van der Waals surface area contributed by atoms with Crippen molar-refractivity contribution in [2.24, 2.45) is 0 Å². The number of nitrogens with zero attached hydrogens (tertiary/aromatic N) is 3. The van der Waals surface area contributed by atoms with Crippen LogP contribution in [0, 0.1) is 0 Å². The fourth-order valence-electron chi connectivity index (χ4n) is 4.81. The van der Waals surface area contributed by atoms with Gasteiger partial charge in [0.2, 0.25) is 15.9 Å². The average molecular weight is 420 g/mol. The van der Waals surface area contributed by atoms with Crippen LogP contribution in [0.3, 0.4) is 0 Å². The first-order valence-electron chi connectivity index (χ1n) is 10.8. The van der Waals surface area contributed by atoms with Gasteiger partial charge in [0.05, 0.1) is 6.26 Å². The average Bonchev–Trinajstić information content (AvgIpc) is 3.33. The van der Waals surface area contributed by atoms with E-state index in [-0.39, 0.29) is 11.3 Å². The third kappa shape index (κ3) is 3.97. The van der Waals surface area contributed by atoms with Crippen molar-refractivity contribution in [2.75, 3.05) is 37.8 Å². The molecule has 1 aliphatic heterocycles. The summed E-state index contributed by atoms with van der Waals surface area (Å²) < 4.78 is 24.8. The van der Waals surface area contributed by atoms with Gasteiger partial charge in [-0.15, -0.1) is 0 Å². The molecule has 1 aromatic carbocycles. The van der Waals surface area contributed by atoms with Gasteiger partial charge in [-0.05, 0) is 56.3 Å². The van der Waals surface area contributed by atoms with Gasteiger partial charge in [0.15, 0.2) is 0 Å². The van der Waals surface area contributed by atoms with Crippen molar-refractivity contribution in [3.8, 4) is 0 Å². The van der Waals surface area contributed by atoms with Crippen molar-refractivity contribution in [1.82, 2.24) is 9.21 Å². The smallest absolute Gasteiger partial charge is 0.245 e. The molecule has 1 saturated heterocycles. The van der Waals surface area contributed by atoms with Crippen molar-refractivity contribution in [2.45, 2.75) is 62.9 Å². The molecule has 0 spiro atoms. The molecule has 2 aliphatic carbocycles. The lowest BCUT2D eigenvalue weighted by Gasteiger charge is -2.39. The molecule has 0 aromatic heterocycles. The summed E-state index contributed by atoms with van der Waals surface area (Å²) in [6, 6.07) is 8.60. The first kappa shape index (κ1) is 20.8. The summed E-state index contributed by atoms with van der Waals surface area (Å²) in [5, 5.41) is 0. The molecule has 1 amide bonds. The van der Waals surface area contributed by atoms with Crippen LogP contribution in [0.1, 0.15) is 51.0 Å². The van der Waals surface area contributed by atoms with Crippen LogP contribution in [0.2, 0.25) is 0 Å². The van der Waals surface area contributed by atoms with Gasteiger partial charge < -0.3 is 4.90 Å². The highest BCUT2D eigenvalue weighted by molar-refractivity contribution is 7.88. The van der Waals surface area contributed by atoms with E-state index in [0.717, 1.165) is 31.1 Å². The number of carbonyl (C=O) groups is 1. The minimum absolute atomic E-state index is 0.131. The topological polar surface area (TPSA) is 60.9 Å². The lowest BCUT2D eigenvalue weighted by atomic mass is 9.88. The highest BCUT2D eigenvalue weighted by Gasteiger charge is 2.46. The first-order chi connectivity index (χ1) is 13.7. The van der Waals surface area contributed by atoms with Gasteiger partial charge in [-0.25, -0.2) is 8.42 Å². The van der Waals surface area contributed by atoms with E-state index in [2.05, 4.69) is 24.0 Å². The second-order valence-corrected chi connectivity index (χ2v) is 11.1. The van der Waals surface area contributed by atoms with E-state index in [0.29, 0.717) is 13.0 Å². The molecular weight excluding hydrogens is 386 g/mol. The Hall–Kier alpha value is -1.44. The lowest BCUT2D eigenvalue weighted by molar-refractivity contribution is -0.120. The summed E-state index contributed by atoms with van der Waals surface area (Å²) in [5.74, 6) is -0.131. The summed E-state index contributed by atoms with van der Waals surface area (Å²) in [7, 11) is -1.89. The van der Waals surface area contributed by atoms with Gasteiger partial charge in [-0.2, -0.15) is 4.31 Å². The van der Waals surface area contributed by atoms with E-state index < -0.39 is 16.1 Å². The normalized spacial score (nSPS) is 24.4. The van der Waals surface area contributed by atoms with Crippen LogP contribution in [0.4, 0.5) is 5.69 Å². The molecule has 1 heterocycles. The SMILES string of the molecule is CCN(CC1(c2ccc(N3CCC(N(C)S(C)(=O)=O)C3=O)cc2)CC1)C1CCC1. The van der Waals surface area contributed by atoms with Crippen LogP contribution in [0.15, 0.2) is 24.3 Å². The van der Waals surface area contributed by atoms with Gasteiger partial charge in [0, 0.05) is 37.3 Å². The molecule has 0 bridgehead atoms. The summed E-state index contributed by atoms with van der Waals surface area (Å²) in [4.78, 5) is 17.2. The Morgan fingerprint density at radius 2 is 1.79 bits per heavy atom.